The number of aromatic hydroxyl groups is 2. The number of hydrogen-bond donors (Lipinski definition) is 2. The van der Waals surface area contributed by atoms with Gasteiger partial charge in [0.05, 0.1) is 24.3 Å². The largest absolute Gasteiger partial charge is 0.504 e. The summed E-state index contributed by atoms with van der Waals surface area (Å²) in [6.45, 7) is 2.96. The van der Waals surface area contributed by atoms with E-state index in [1.165, 1.54) is 24.3 Å². The molecule has 8 nitrogen and oxygen atoms in total. The number of phenols is 2. The Hall–Kier alpha value is -4.98. The van der Waals surface area contributed by atoms with E-state index in [-0.39, 0.29) is 28.9 Å². The second-order valence-electron chi connectivity index (χ2n) is 8.82. The van der Waals surface area contributed by atoms with E-state index in [0.717, 1.165) is 6.42 Å². The molecule has 0 spiro atoms. The number of benzene rings is 4. The van der Waals surface area contributed by atoms with E-state index < -0.39 is 11.9 Å². The van der Waals surface area contributed by atoms with Gasteiger partial charge in [0.2, 0.25) is 0 Å². The molecule has 1 atom stereocenters. The summed E-state index contributed by atoms with van der Waals surface area (Å²) in [6.07, 6.45) is 0.738. The molecule has 39 heavy (non-hydrogen) atoms. The van der Waals surface area contributed by atoms with Gasteiger partial charge in [-0.3, -0.25) is 0 Å². The van der Waals surface area contributed by atoms with E-state index in [1.807, 2.05) is 6.92 Å². The minimum atomic E-state index is -0.575. The molecule has 2 N–H and O–H groups in total. The molecule has 0 amide bonds. The van der Waals surface area contributed by atoms with Gasteiger partial charge < -0.3 is 29.2 Å². The van der Waals surface area contributed by atoms with Crippen molar-refractivity contribution < 1.29 is 38.7 Å². The number of carbonyl (C=O) groups excluding carboxylic acids is 2. The van der Waals surface area contributed by atoms with Crippen molar-refractivity contribution in [2.75, 3.05) is 13.2 Å². The maximum atomic E-state index is 12.3. The molecule has 1 unspecified atom stereocenters. The monoisotopic (exact) mass is 528 g/mol. The van der Waals surface area contributed by atoms with E-state index >= 15 is 0 Å². The Morgan fingerprint density at radius 3 is 1.54 bits per heavy atom. The fourth-order valence-corrected chi connectivity index (χ4v) is 3.48. The maximum absolute atomic E-state index is 12.3. The summed E-state index contributed by atoms with van der Waals surface area (Å²) in [6, 6.07) is 25.7. The van der Waals surface area contributed by atoms with Gasteiger partial charge in [0.25, 0.3) is 0 Å². The summed E-state index contributed by atoms with van der Waals surface area (Å²) >= 11 is 0. The van der Waals surface area contributed by atoms with Crippen LogP contribution in [0, 0.1) is 5.92 Å². The highest BCUT2D eigenvalue weighted by Crippen LogP contribution is 2.27. The summed E-state index contributed by atoms with van der Waals surface area (Å²) in [5.74, 6) is 0.272. The number of phenolic OH excluding ortho intramolecular Hbond substituents is 2. The molecule has 4 aromatic carbocycles. The van der Waals surface area contributed by atoms with Crippen LogP contribution in [0.1, 0.15) is 34.1 Å². The molecule has 0 aliphatic heterocycles. The third-order valence-electron chi connectivity index (χ3n) is 5.73. The summed E-state index contributed by atoms with van der Waals surface area (Å²) in [5, 5.41) is 19.5. The Kier molecular flexibility index (Phi) is 9.03. The minimum absolute atomic E-state index is 0.0986. The minimum Gasteiger partial charge on any atom is -0.504 e. The van der Waals surface area contributed by atoms with Crippen molar-refractivity contribution in [3.8, 4) is 34.5 Å². The van der Waals surface area contributed by atoms with Crippen LogP contribution in [0.5, 0.6) is 34.5 Å². The summed E-state index contributed by atoms with van der Waals surface area (Å²) in [7, 11) is 0. The van der Waals surface area contributed by atoms with Crippen LogP contribution >= 0.6 is 0 Å². The molecule has 0 saturated carbocycles. The fraction of sp³-hybridized carbons (Fsp3) is 0.161. The van der Waals surface area contributed by atoms with E-state index in [9.17, 15) is 19.8 Å². The molecule has 4 aromatic rings. The Balaban J connectivity index is 1.17. The third-order valence-corrected chi connectivity index (χ3v) is 5.73. The van der Waals surface area contributed by atoms with Crippen LogP contribution in [-0.4, -0.2) is 35.4 Å². The molecule has 0 aliphatic carbocycles. The van der Waals surface area contributed by atoms with Crippen LogP contribution in [0.3, 0.4) is 0 Å². The van der Waals surface area contributed by atoms with E-state index in [0.29, 0.717) is 35.8 Å². The van der Waals surface area contributed by atoms with E-state index in [2.05, 4.69) is 0 Å². The van der Waals surface area contributed by atoms with Crippen molar-refractivity contribution in [1.82, 2.24) is 0 Å². The summed E-state index contributed by atoms with van der Waals surface area (Å²) in [4.78, 5) is 24.6. The van der Waals surface area contributed by atoms with Crippen molar-refractivity contribution in [2.24, 2.45) is 5.92 Å². The highest BCUT2D eigenvalue weighted by Gasteiger charge is 2.13. The van der Waals surface area contributed by atoms with Crippen molar-refractivity contribution in [3.63, 3.8) is 0 Å². The molecule has 0 fully saturated rings. The summed E-state index contributed by atoms with van der Waals surface area (Å²) in [5.41, 5.74) is 0.675. The zero-order valence-electron chi connectivity index (χ0n) is 21.3. The lowest BCUT2D eigenvalue weighted by molar-refractivity contribution is 0.0720. The second-order valence-corrected chi connectivity index (χ2v) is 8.82. The topological polar surface area (TPSA) is 112 Å². The molecule has 0 radical (unpaired) electrons. The smallest absolute Gasteiger partial charge is 0.343 e. The van der Waals surface area contributed by atoms with Gasteiger partial charge in [-0.25, -0.2) is 9.59 Å². The van der Waals surface area contributed by atoms with Gasteiger partial charge in [-0.2, -0.15) is 0 Å². The highest BCUT2D eigenvalue weighted by atomic mass is 16.5. The Morgan fingerprint density at radius 2 is 1.08 bits per heavy atom. The Bertz CT molecular complexity index is 1400. The van der Waals surface area contributed by atoms with Crippen molar-refractivity contribution in [3.05, 3.63) is 108 Å². The highest BCUT2D eigenvalue weighted by molar-refractivity contribution is 5.92. The van der Waals surface area contributed by atoms with Gasteiger partial charge in [0.1, 0.15) is 11.5 Å². The second kappa shape index (κ2) is 13.0. The SMILES string of the molecule is CC(CCOc1ccc(C(=O)Oc2ccccc2O)cc1)COc1ccc(C(=O)Oc2ccccc2O)cc1. The summed E-state index contributed by atoms with van der Waals surface area (Å²) < 4.78 is 22.0. The number of esters is 2. The average Bonchev–Trinajstić information content (AvgIpc) is 2.95. The molecule has 0 heterocycles. The lowest BCUT2D eigenvalue weighted by Crippen LogP contribution is -2.13. The zero-order valence-corrected chi connectivity index (χ0v) is 21.3. The van der Waals surface area contributed by atoms with E-state index in [1.54, 1.807) is 72.8 Å². The zero-order chi connectivity index (χ0) is 27.6. The predicted molar refractivity (Wildman–Crippen MR) is 144 cm³/mol. The molecule has 0 aromatic heterocycles. The van der Waals surface area contributed by atoms with Crippen LogP contribution in [0.2, 0.25) is 0 Å². The normalized spacial score (nSPS) is 11.3. The van der Waals surface area contributed by atoms with Gasteiger partial charge in [0, 0.05) is 0 Å². The number of ether oxygens (including phenoxy) is 4. The molecule has 0 aliphatic rings. The van der Waals surface area contributed by atoms with Gasteiger partial charge >= 0.3 is 11.9 Å². The third kappa shape index (κ3) is 7.75. The van der Waals surface area contributed by atoms with Gasteiger partial charge in [0.15, 0.2) is 23.0 Å². The van der Waals surface area contributed by atoms with Crippen LogP contribution < -0.4 is 18.9 Å². The molecule has 0 bridgehead atoms. The van der Waals surface area contributed by atoms with Gasteiger partial charge in [-0.1, -0.05) is 31.2 Å². The predicted octanol–water partition coefficient (Wildman–Crippen LogP) is 6.02. The van der Waals surface area contributed by atoms with Crippen LogP contribution in [0.4, 0.5) is 0 Å². The Morgan fingerprint density at radius 1 is 0.641 bits per heavy atom. The first kappa shape index (κ1) is 27.1. The first-order chi connectivity index (χ1) is 18.9. The van der Waals surface area contributed by atoms with Crippen molar-refractivity contribution >= 4 is 11.9 Å². The molecular formula is C31H28O8. The van der Waals surface area contributed by atoms with Crippen LogP contribution in [-0.2, 0) is 0 Å². The van der Waals surface area contributed by atoms with Gasteiger partial charge in [-0.05, 0) is 85.1 Å². The lowest BCUT2D eigenvalue weighted by atomic mass is 10.1. The fourth-order valence-electron chi connectivity index (χ4n) is 3.48. The van der Waals surface area contributed by atoms with Gasteiger partial charge in [-0.15, -0.1) is 0 Å². The van der Waals surface area contributed by atoms with Crippen LogP contribution in [0.25, 0.3) is 0 Å². The quantitative estimate of drug-likeness (QED) is 0.180. The number of para-hydroxylation sites is 4. The van der Waals surface area contributed by atoms with Crippen LogP contribution in [0.15, 0.2) is 97.1 Å². The number of rotatable bonds is 11. The molecule has 0 saturated heterocycles. The molecular weight excluding hydrogens is 500 g/mol. The first-order valence-electron chi connectivity index (χ1n) is 12.3. The molecule has 4 rings (SSSR count). The standard InChI is InChI=1S/C31H28O8/c1-21(20-37-25-16-12-23(13-17-25)31(35)39-29-9-5-3-7-27(29)33)18-19-36-24-14-10-22(11-15-24)30(34)38-28-8-4-2-6-26(28)32/h2-17,21,32-33H,18-20H2,1H3. The average molecular weight is 529 g/mol. The first-order valence-corrected chi connectivity index (χ1v) is 12.3. The number of carbonyl (C=O) groups is 2. The number of hydrogen-bond acceptors (Lipinski definition) is 8. The van der Waals surface area contributed by atoms with E-state index in [4.69, 9.17) is 18.9 Å². The molecule has 8 heteroatoms. The lowest BCUT2D eigenvalue weighted by Gasteiger charge is -2.14. The van der Waals surface area contributed by atoms with Crippen molar-refractivity contribution in [2.45, 2.75) is 13.3 Å². The Labute approximate surface area is 226 Å². The van der Waals surface area contributed by atoms with Crippen molar-refractivity contribution in [1.29, 1.82) is 0 Å². The molecule has 200 valence electrons. The maximum Gasteiger partial charge on any atom is 0.343 e.